The van der Waals surface area contributed by atoms with E-state index in [1.807, 2.05) is 0 Å². The van der Waals surface area contributed by atoms with Crippen LogP contribution in [0.15, 0.2) is 85.5 Å². The molecule has 0 fully saturated rings. The van der Waals surface area contributed by atoms with Crippen molar-refractivity contribution in [1.29, 1.82) is 0 Å². The largest absolute Gasteiger partial charge is 0.416 e. The lowest BCUT2D eigenvalue weighted by Gasteiger charge is -2.14. The van der Waals surface area contributed by atoms with Crippen LogP contribution < -0.4 is 10.6 Å². The molecule has 0 atom stereocenters. The van der Waals surface area contributed by atoms with Gasteiger partial charge >= 0.3 is 6.18 Å². The second-order valence-electron chi connectivity index (χ2n) is 8.11. The van der Waals surface area contributed by atoms with Gasteiger partial charge in [0.05, 0.1) is 35.6 Å². The molecule has 196 valence electrons. The minimum Gasteiger partial charge on any atom is -0.324 e. The number of benzene rings is 2. The molecule has 0 spiro atoms. The van der Waals surface area contributed by atoms with Crippen LogP contribution in [0.5, 0.6) is 0 Å². The number of carbonyl (C=O) groups excluding carboxylic acids is 1. The van der Waals surface area contributed by atoms with Crippen LogP contribution in [0.2, 0.25) is 0 Å². The van der Waals surface area contributed by atoms with E-state index in [-0.39, 0.29) is 22.6 Å². The summed E-state index contributed by atoms with van der Waals surface area (Å²) in [6, 6.07) is -1.10. The molecule has 0 aliphatic heterocycles. The van der Waals surface area contributed by atoms with Crippen LogP contribution in [0.25, 0.3) is 16.9 Å². The molecule has 3 aromatic heterocycles. The zero-order valence-electron chi connectivity index (χ0n) is 29.2. The third kappa shape index (κ3) is 5.93. The molecule has 2 aromatic carbocycles. The van der Waals surface area contributed by atoms with Crippen LogP contribution >= 0.6 is 0 Å². The predicted molar refractivity (Wildman–Crippen MR) is 141 cm³/mol. The van der Waals surface area contributed by atoms with E-state index < -0.39 is 95.2 Å². The number of nitrogens with one attached hydrogen (secondary N) is 2. The van der Waals surface area contributed by atoms with Crippen molar-refractivity contribution in [2.24, 2.45) is 0 Å². The Morgan fingerprint density at radius 1 is 1.05 bits per heavy atom. The van der Waals surface area contributed by atoms with Crippen molar-refractivity contribution in [3.63, 3.8) is 0 Å². The molecule has 3 heterocycles. The van der Waals surface area contributed by atoms with Gasteiger partial charge < -0.3 is 15.2 Å². The van der Waals surface area contributed by atoms with E-state index in [1.165, 1.54) is 30.1 Å². The standard InChI is InChI=1S/C28H22F3N7O/c1-17-5-6-19(10-25(17)37-27-33-9-7-24(36-27)20-4-3-8-32-14-20)26(39)35-22-11-21(28(29,30)31)12-23(13-22)38-15-18(2)34-16-38/h3-16H,1-2H3,(H,35,39)(H,33,36,37)/i3D,4D,5D,6D,7D,8D,9D,10D,14D. The number of aromatic nitrogens is 5. The summed E-state index contributed by atoms with van der Waals surface area (Å²) in [4.78, 5) is 29.0. The Morgan fingerprint density at radius 2 is 1.90 bits per heavy atom. The summed E-state index contributed by atoms with van der Waals surface area (Å²) in [5.41, 5.74) is -2.81. The maximum absolute atomic E-state index is 13.8. The highest BCUT2D eigenvalue weighted by molar-refractivity contribution is 6.05. The van der Waals surface area contributed by atoms with E-state index in [9.17, 15) is 18.0 Å². The third-order valence-corrected chi connectivity index (χ3v) is 5.23. The van der Waals surface area contributed by atoms with Crippen molar-refractivity contribution in [2.45, 2.75) is 20.0 Å². The number of halogens is 3. The molecule has 0 aliphatic carbocycles. The van der Waals surface area contributed by atoms with Crippen molar-refractivity contribution in [1.82, 2.24) is 24.5 Å². The van der Waals surface area contributed by atoms with Gasteiger partial charge in [-0.3, -0.25) is 9.78 Å². The number of hydrogen-bond donors (Lipinski definition) is 2. The Hall–Kier alpha value is -5.06. The van der Waals surface area contributed by atoms with E-state index >= 15 is 0 Å². The summed E-state index contributed by atoms with van der Waals surface area (Å²) in [5, 5.41) is 4.88. The Labute approximate surface area is 234 Å². The Morgan fingerprint density at radius 3 is 2.67 bits per heavy atom. The number of hydrogen-bond acceptors (Lipinski definition) is 6. The SMILES string of the molecule is [2H]c1nc(Nc2c([2H])c(C(=O)Nc3cc(-n4cnc(C)c4)cc(C(F)(F)F)c3)c([2H])c([2H])c2C)nc(-c2c([2H])nc([2H])c([2H])c2[2H])c1[2H]. The van der Waals surface area contributed by atoms with E-state index in [0.29, 0.717) is 11.8 Å². The highest BCUT2D eigenvalue weighted by Gasteiger charge is 2.31. The van der Waals surface area contributed by atoms with Crippen LogP contribution in [0.1, 0.15) is 39.5 Å². The lowest BCUT2D eigenvalue weighted by atomic mass is 10.1. The molecule has 39 heavy (non-hydrogen) atoms. The van der Waals surface area contributed by atoms with Crippen LogP contribution in [0.3, 0.4) is 0 Å². The number of rotatable bonds is 6. The molecule has 0 saturated carbocycles. The molecule has 0 bridgehead atoms. The van der Waals surface area contributed by atoms with Gasteiger partial charge in [0, 0.05) is 52.9 Å². The van der Waals surface area contributed by atoms with Gasteiger partial charge in [-0.2, -0.15) is 13.2 Å². The maximum atomic E-state index is 13.8. The Balaban J connectivity index is 1.58. The number of amides is 1. The molecular formula is C28H22F3N7O. The summed E-state index contributed by atoms with van der Waals surface area (Å²) in [6.45, 7) is 2.97. The highest BCUT2D eigenvalue weighted by atomic mass is 19.4. The summed E-state index contributed by atoms with van der Waals surface area (Å²) in [7, 11) is 0. The second-order valence-corrected chi connectivity index (χ2v) is 8.11. The first-order chi connectivity index (χ1) is 22.4. The van der Waals surface area contributed by atoms with Gasteiger partial charge in [-0.25, -0.2) is 15.0 Å². The number of nitrogens with zero attached hydrogens (tertiary/aromatic N) is 5. The number of pyridine rings is 1. The number of aryl methyl sites for hydroxylation is 1. The van der Waals surface area contributed by atoms with Crippen molar-refractivity contribution >= 4 is 23.2 Å². The van der Waals surface area contributed by atoms with Gasteiger partial charge in [-0.15, -0.1) is 0 Å². The maximum Gasteiger partial charge on any atom is 0.416 e. The van der Waals surface area contributed by atoms with Gasteiger partial charge in [-0.05, 0) is 67.8 Å². The molecule has 0 radical (unpaired) electrons. The smallest absolute Gasteiger partial charge is 0.324 e. The predicted octanol–water partition coefficient (Wildman–Crippen LogP) is 6.36. The minimum absolute atomic E-state index is 0.0131. The van der Waals surface area contributed by atoms with E-state index in [0.717, 1.165) is 6.07 Å². The third-order valence-electron chi connectivity index (χ3n) is 5.23. The fourth-order valence-electron chi connectivity index (χ4n) is 3.38. The molecule has 2 N–H and O–H groups in total. The summed E-state index contributed by atoms with van der Waals surface area (Å²) < 4.78 is 116. The first-order valence-electron chi connectivity index (χ1n) is 15.6. The van der Waals surface area contributed by atoms with Crippen LogP contribution in [0.4, 0.5) is 30.5 Å². The van der Waals surface area contributed by atoms with Gasteiger partial charge in [-0.1, -0.05) is 6.04 Å². The van der Waals surface area contributed by atoms with Crippen LogP contribution in [0, 0.1) is 13.8 Å². The highest BCUT2D eigenvalue weighted by Crippen LogP contribution is 2.33. The van der Waals surface area contributed by atoms with Crippen molar-refractivity contribution in [2.75, 3.05) is 10.6 Å². The molecule has 0 aliphatic rings. The van der Waals surface area contributed by atoms with Gasteiger partial charge in [0.15, 0.2) is 0 Å². The second kappa shape index (κ2) is 10.4. The number of imidazole rings is 1. The molecule has 0 saturated heterocycles. The van der Waals surface area contributed by atoms with E-state index in [1.54, 1.807) is 6.92 Å². The van der Waals surface area contributed by atoms with Gasteiger partial charge in [0.1, 0.15) is 0 Å². The average molecular weight is 539 g/mol. The molecule has 5 rings (SSSR count). The fourth-order valence-corrected chi connectivity index (χ4v) is 3.38. The molecular weight excluding hydrogens is 507 g/mol. The number of alkyl halides is 3. The minimum atomic E-state index is -4.80. The molecule has 1 amide bonds. The Kier molecular flexibility index (Phi) is 4.44. The molecule has 5 aromatic rings. The molecule has 11 heteroatoms. The topological polar surface area (TPSA) is 97.6 Å². The van der Waals surface area contributed by atoms with E-state index in [2.05, 4.69) is 30.6 Å². The number of carbonyl (C=O) groups is 1. The first-order valence-corrected chi connectivity index (χ1v) is 11.1. The van der Waals surface area contributed by atoms with Crippen molar-refractivity contribution in [3.05, 3.63) is 108 Å². The van der Waals surface area contributed by atoms with Gasteiger partial charge in [0.2, 0.25) is 5.95 Å². The summed E-state index contributed by atoms with van der Waals surface area (Å²) in [5.74, 6) is -1.66. The normalized spacial score (nSPS) is 14.5. The lowest BCUT2D eigenvalue weighted by molar-refractivity contribution is -0.137. The number of anilines is 3. The van der Waals surface area contributed by atoms with Crippen molar-refractivity contribution in [3.8, 4) is 16.9 Å². The average Bonchev–Trinajstić information content (AvgIpc) is 3.45. The summed E-state index contributed by atoms with van der Waals surface area (Å²) in [6.07, 6.45) is -4.06. The Bertz CT molecular complexity index is 2140. The van der Waals surface area contributed by atoms with Crippen molar-refractivity contribution < 1.29 is 30.3 Å². The molecule has 0 unspecified atom stereocenters. The van der Waals surface area contributed by atoms with E-state index in [4.69, 9.17) is 12.3 Å². The van der Waals surface area contributed by atoms with Crippen LogP contribution in [-0.2, 0) is 6.18 Å². The fraction of sp³-hybridized carbons (Fsp3) is 0.107. The zero-order valence-corrected chi connectivity index (χ0v) is 20.2. The van der Waals surface area contributed by atoms with Gasteiger partial charge in [0.25, 0.3) is 5.91 Å². The summed E-state index contributed by atoms with van der Waals surface area (Å²) >= 11 is 0. The lowest BCUT2D eigenvalue weighted by Crippen LogP contribution is -2.14. The van der Waals surface area contributed by atoms with Crippen LogP contribution in [-0.4, -0.2) is 30.4 Å². The molecule has 8 nitrogen and oxygen atoms in total. The zero-order chi connectivity index (χ0) is 35.4. The first kappa shape index (κ1) is 16.7. The quantitative estimate of drug-likeness (QED) is 0.261. The monoisotopic (exact) mass is 538 g/mol.